The van der Waals surface area contributed by atoms with E-state index in [1.54, 1.807) is 25.1 Å². The van der Waals surface area contributed by atoms with Crippen molar-refractivity contribution in [3.8, 4) is 5.75 Å². The molecule has 25 heavy (non-hydrogen) atoms. The van der Waals surface area contributed by atoms with Crippen LogP contribution < -0.4 is 4.74 Å². The zero-order valence-electron chi connectivity index (χ0n) is 14.8. The van der Waals surface area contributed by atoms with Gasteiger partial charge in [0.2, 0.25) is 5.91 Å². The number of carbonyl (C=O) groups excluding carboxylic acids is 1. The molecule has 0 saturated heterocycles. The van der Waals surface area contributed by atoms with Crippen molar-refractivity contribution < 1.29 is 14.6 Å². The molecule has 2 atom stereocenters. The number of benzene rings is 2. The topological polar surface area (TPSA) is 49.8 Å². The Labute approximate surface area is 149 Å². The molecule has 2 aromatic rings. The van der Waals surface area contributed by atoms with Gasteiger partial charge in [-0.3, -0.25) is 4.79 Å². The maximum Gasteiger partial charge on any atom is 0.230 e. The van der Waals surface area contributed by atoms with Crippen molar-refractivity contribution in [1.29, 1.82) is 0 Å². The molecule has 4 heteroatoms. The van der Waals surface area contributed by atoms with E-state index in [1.807, 2.05) is 48.5 Å². The maximum absolute atomic E-state index is 13.0. The van der Waals surface area contributed by atoms with Crippen LogP contribution in [0, 0.1) is 5.92 Å². The molecule has 1 saturated carbocycles. The summed E-state index contributed by atoms with van der Waals surface area (Å²) in [6, 6.07) is 17.3. The van der Waals surface area contributed by atoms with E-state index >= 15 is 0 Å². The Bertz CT molecular complexity index is 712. The molecule has 1 N–H and O–H groups in total. The molecular weight excluding hydrogens is 314 g/mol. The smallest absolute Gasteiger partial charge is 0.230 e. The highest BCUT2D eigenvalue weighted by Gasteiger charge is 2.38. The average molecular weight is 339 g/mol. The van der Waals surface area contributed by atoms with Gasteiger partial charge in [0.25, 0.3) is 0 Å². The van der Waals surface area contributed by atoms with Crippen LogP contribution in [-0.2, 0) is 4.79 Å². The number of ether oxygens (including phenoxy) is 1. The number of nitrogens with zero attached hydrogens (tertiary/aromatic N) is 1. The van der Waals surface area contributed by atoms with E-state index < -0.39 is 6.10 Å². The molecule has 4 nitrogen and oxygen atoms in total. The molecule has 0 aliphatic heterocycles. The van der Waals surface area contributed by atoms with E-state index in [1.165, 1.54) is 0 Å². The highest BCUT2D eigenvalue weighted by molar-refractivity contribution is 5.84. The number of aliphatic hydroxyl groups excluding tert-OH is 1. The first-order valence-electron chi connectivity index (χ1n) is 8.72. The van der Waals surface area contributed by atoms with Gasteiger partial charge in [-0.15, -0.1) is 0 Å². The number of likely N-dealkylation sites (N-methyl/N-ethyl adjacent to an activating group) is 1. The lowest BCUT2D eigenvalue weighted by Gasteiger charge is -2.26. The number of hydrogen-bond acceptors (Lipinski definition) is 3. The molecule has 2 aromatic carbocycles. The van der Waals surface area contributed by atoms with Crippen LogP contribution >= 0.6 is 0 Å². The minimum Gasteiger partial charge on any atom is -0.497 e. The number of rotatable bonds is 7. The molecule has 0 spiro atoms. The first-order valence-corrected chi connectivity index (χ1v) is 8.72. The molecule has 3 rings (SSSR count). The molecule has 0 bridgehead atoms. The molecular formula is C21H25NO3. The van der Waals surface area contributed by atoms with Crippen molar-refractivity contribution in [3.63, 3.8) is 0 Å². The molecule has 2 unspecified atom stereocenters. The van der Waals surface area contributed by atoms with Gasteiger partial charge in [-0.1, -0.05) is 42.5 Å². The van der Waals surface area contributed by atoms with Crippen molar-refractivity contribution in [3.05, 3.63) is 65.7 Å². The summed E-state index contributed by atoms with van der Waals surface area (Å²) >= 11 is 0. The number of hydrogen-bond donors (Lipinski definition) is 1. The number of methoxy groups -OCH3 is 1. The second-order valence-electron chi connectivity index (χ2n) is 6.74. The lowest BCUT2D eigenvalue weighted by Crippen LogP contribution is -2.35. The zero-order chi connectivity index (χ0) is 17.8. The van der Waals surface area contributed by atoms with Gasteiger partial charge >= 0.3 is 0 Å². The third kappa shape index (κ3) is 4.20. The normalized spacial score (nSPS) is 16.1. The summed E-state index contributed by atoms with van der Waals surface area (Å²) in [5.41, 5.74) is 1.82. The largest absolute Gasteiger partial charge is 0.497 e. The van der Waals surface area contributed by atoms with Crippen LogP contribution in [0.15, 0.2) is 54.6 Å². The van der Waals surface area contributed by atoms with Crippen LogP contribution in [0.25, 0.3) is 0 Å². The zero-order valence-corrected chi connectivity index (χ0v) is 14.8. The summed E-state index contributed by atoms with van der Waals surface area (Å²) in [6.07, 6.45) is 1.45. The molecule has 1 fully saturated rings. The maximum atomic E-state index is 13.0. The summed E-state index contributed by atoms with van der Waals surface area (Å²) in [5, 5.41) is 10.5. The van der Waals surface area contributed by atoms with E-state index in [9.17, 15) is 9.90 Å². The van der Waals surface area contributed by atoms with E-state index in [4.69, 9.17) is 4.74 Å². The predicted octanol–water partition coefficient (Wildman–Crippen LogP) is 3.38. The monoisotopic (exact) mass is 339 g/mol. The molecule has 0 radical (unpaired) electrons. The van der Waals surface area contributed by atoms with Gasteiger partial charge < -0.3 is 14.7 Å². The first-order chi connectivity index (χ1) is 12.1. The SMILES string of the molecule is COc1cccc(C(O)CN(C)C(=O)C(c2ccccc2)C2CC2)c1. The first kappa shape index (κ1) is 17.5. The quantitative estimate of drug-likeness (QED) is 0.841. The van der Waals surface area contributed by atoms with Gasteiger partial charge in [0.1, 0.15) is 5.75 Å². The number of carbonyl (C=O) groups is 1. The predicted molar refractivity (Wildman–Crippen MR) is 97.5 cm³/mol. The van der Waals surface area contributed by atoms with Gasteiger partial charge in [0.15, 0.2) is 0 Å². The van der Waals surface area contributed by atoms with Crippen LogP contribution in [0.1, 0.15) is 36.0 Å². The van der Waals surface area contributed by atoms with Crippen molar-refractivity contribution in [2.45, 2.75) is 24.9 Å². The van der Waals surface area contributed by atoms with Gasteiger partial charge in [-0.25, -0.2) is 0 Å². The van der Waals surface area contributed by atoms with Gasteiger partial charge in [0.05, 0.1) is 25.7 Å². The summed E-state index contributed by atoms with van der Waals surface area (Å²) in [7, 11) is 3.37. The summed E-state index contributed by atoms with van der Waals surface area (Å²) in [5.74, 6) is 1.09. The van der Waals surface area contributed by atoms with Crippen molar-refractivity contribution >= 4 is 5.91 Å². The standard InChI is InChI=1S/C21H25NO3/c1-22(14-19(23)17-9-6-10-18(13-17)25-2)21(24)20(16-11-12-16)15-7-4-3-5-8-15/h3-10,13,16,19-20,23H,11-12,14H2,1-2H3. The Morgan fingerprint density at radius 3 is 2.48 bits per heavy atom. The Hall–Kier alpha value is -2.33. The van der Waals surface area contributed by atoms with Crippen LogP contribution in [0.2, 0.25) is 0 Å². The van der Waals surface area contributed by atoms with Crippen LogP contribution in [-0.4, -0.2) is 36.6 Å². The minimum atomic E-state index is -0.736. The van der Waals surface area contributed by atoms with Gasteiger partial charge in [-0.05, 0) is 42.0 Å². The fourth-order valence-electron chi connectivity index (χ4n) is 3.25. The highest BCUT2D eigenvalue weighted by Crippen LogP contribution is 2.43. The Kier molecular flexibility index (Phi) is 5.39. The van der Waals surface area contributed by atoms with E-state index in [2.05, 4.69) is 0 Å². The van der Waals surface area contributed by atoms with E-state index in [0.717, 1.165) is 24.0 Å². The molecule has 132 valence electrons. The minimum absolute atomic E-state index is 0.0793. The van der Waals surface area contributed by atoms with E-state index in [-0.39, 0.29) is 18.4 Å². The number of amides is 1. The van der Waals surface area contributed by atoms with E-state index in [0.29, 0.717) is 11.7 Å². The second-order valence-corrected chi connectivity index (χ2v) is 6.74. The van der Waals surface area contributed by atoms with Gasteiger partial charge in [-0.2, -0.15) is 0 Å². The number of aliphatic hydroxyl groups is 1. The average Bonchev–Trinajstić information content (AvgIpc) is 3.47. The lowest BCUT2D eigenvalue weighted by molar-refractivity contribution is -0.133. The van der Waals surface area contributed by atoms with Crippen LogP contribution in [0.5, 0.6) is 5.75 Å². The molecule has 0 heterocycles. The van der Waals surface area contributed by atoms with Gasteiger partial charge in [0, 0.05) is 7.05 Å². The Morgan fingerprint density at radius 1 is 1.16 bits per heavy atom. The second kappa shape index (κ2) is 7.70. The molecule has 0 aromatic heterocycles. The third-order valence-electron chi connectivity index (χ3n) is 4.82. The fourth-order valence-corrected chi connectivity index (χ4v) is 3.25. The van der Waals surface area contributed by atoms with Crippen LogP contribution in [0.3, 0.4) is 0 Å². The molecule has 1 amide bonds. The molecule has 1 aliphatic rings. The lowest BCUT2D eigenvalue weighted by atomic mass is 9.92. The van der Waals surface area contributed by atoms with Crippen molar-refractivity contribution in [2.75, 3.05) is 20.7 Å². The van der Waals surface area contributed by atoms with Crippen LogP contribution in [0.4, 0.5) is 0 Å². The third-order valence-corrected chi connectivity index (χ3v) is 4.82. The van der Waals surface area contributed by atoms with Crippen molar-refractivity contribution in [2.24, 2.45) is 5.92 Å². The van der Waals surface area contributed by atoms with Crippen molar-refractivity contribution in [1.82, 2.24) is 4.90 Å². The molecule has 1 aliphatic carbocycles. The summed E-state index contributed by atoms with van der Waals surface area (Å²) < 4.78 is 5.20. The highest BCUT2D eigenvalue weighted by atomic mass is 16.5. The Morgan fingerprint density at radius 2 is 1.84 bits per heavy atom. The summed E-state index contributed by atoms with van der Waals surface area (Å²) in [4.78, 5) is 14.7. The summed E-state index contributed by atoms with van der Waals surface area (Å²) in [6.45, 7) is 0.266. The fraction of sp³-hybridized carbons (Fsp3) is 0.381. The Balaban J connectivity index is 1.70.